The Balaban J connectivity index is 1.55. The van der Waals surface area contributed by atoms with Gasteiger partial charge in [0, 0.05) is 23.3 Å². The van der Waals surface area contributed by atoms with Gasteiger partial charge in [-0.15, -0.1) is 5.10 Å². The van der Waals surface area contributed by atoms with E-state index in [-0.39, 0.29) is 18.1 Å². The molecule has 1 amide bonds. The summed E-state index contributed by atoms with van der Waals surface area (Å²) in [6.07, 6.45) is 1.65. The molecule has 0 unspecified atom stereocenters. The molecule has 0 saturated heterocycles. The number of anilines is 1. The SMILES string of the molecule is CCOC(=O)c1ccn(-c2cccc(NC(=O)c3nc4nc(C)cc(C)n4n3)c2)n1. The molecule has 0 fully saturated rings. The summed E-state index contributed by atoms with van der Waals surface area (Å²) in [7, 11) is 0. The highest BCUT2D eigenvalue weighted by Gasteiger charge is 2.16. The molecule has 0 aliphatic carbocycles. The summed E-state index contributed by atoms with van der Waals surface area (Å²) in [6, 6.07) is 10.5. The summed E-state index contributed by atoms with van der Waals surface area (Å²) in [5.74, 6) is -0.556. The first kappa shape index (κ1) is 19.2. The molecular formula is C20H19N7O3. The van der Waals surface area contributed by atoms with Crippen molar-refractivity contribution in [2.75, 3.05) is 11.9 Å². The Bertz CT molecular complexity index is 1260. The highest BCUT2D eigenvalue weighted by molar-refractivity contribution is 6.01. The number of aryl methyl sites for hydroxylation is 2. The van der Waals surface area contributed by atoms with Gasteiger partial charge in [0.2, 0.25) is 5.82 Å². The van der Waals surface area contributed by atoms with E-state index >= 15 is 0 Å². The predicted octanol–water partition coefficient (Wildman–Crippen LogP) is 2.36. The Morgan fingerprint density at radius 2 is 1.93 bits per heavy atom. The molecular weight excluding hydrogens is 386 g/mol. The second kappa shape index (κ2) is 7.74. The van der Waals surface area contributed by atoms with E-state index in [0.717, 1.165) is 11.4 Å². The van der Waals surface area contributed by atoms with Crippen LogP contribution in [0, 0.1) is 13.8 Å². The smallest absolute Gasteiger partial charge is 0.358 e. The molecule has 0 saturated carbocycles. The van der Waals surface area contributed by atoms with Crippen molar-refractivity contribution in [3.63, 3.8) is 0 Å². The van der Waals surface area contributed by atoms with Crippen molar-refractivity contribution in [1.29, 1.82) is 0 Å². The van der Waals surface area contributed by atoms with Gasteiger partial charge in [-0.1, -0.05) is 6.07 Å². The Morgan fingerprint density at radius 3 is 2.73 bits per heavy atom. The van der Waals surface area contributed by atoms with Crippen LogP contribution in [-0.4, -0.2) is 47.8 Å². The minimum Gasteiger partial charge on any atom is -0.461 e. The van der Waals surface area contributed by atoms with E-state index in [9.17, 15) is 9.59 Å². The van der Waals surface area contributed by atoms with Crippen molar-refractivity contribution >= 4 is 23.3 Å². The number of carbonyl (C=O) groups excluding carboxylic acids is 2. The van der Waals surface area contributed by atoms with E-state index < -0.39 is 11.9 Å². The standard InChI is InChI=1S/C20H19N7O3/c1-4-30-19(29)16-8-9-26(24-16)15-7-5-6-14(11-15)22-18(28)17-23-20-21-12(2)10-13(3)27(20)25-17/h5-11H,4H2,1-3H3,(H,22,28). The summed E-state index contributed by atoms with van der Waals surface area (Å²) in [4.78, 5) is 32.9. The van der Waals surface area contributed by atoms with Crippen LogP contribution in [0.25, 0.3) is 11.5 Å². The fourth-order valence-electron chi connectivity index (χ4n) is 2.96. The van der Waals surface area contributed by atoms with E-state index in [1.165, 1.54) is 9.20 Å². The quantitative estimate of drug-likeness (QED) is 0.507. The number of benzene rings is 1. The van der Waals surface area contributed by atoms with Crippen LogP contribution in [0.15, 0.2) is 42.6 Å². The van der Waals surface area contributed by atoms with Crippen LogP contribution in [0.2, 0.25) is 0 Å². The third-order valence-electron chi connectivity index (χ3n) is 4.26. The number of amides is 1. The summed E-state index contributed by atoms with van der Waals surface area (Å²) < 4.78 is 8.01. The van der Waals surface area contributed by atoms with Gasteiger partial charge in [-0.2, -0.15) is 10.1 Å². The van der Waals surface area contributed by atoms with Crippen molar-refractivity contribution in [1.82, 2.24) is 29.4 Å². The van der Waals surface area contributed by atoms with Gasteiger partial charge in [0.1, 0.15) is 0 Å². The number of esters is 1. The molecule has 3 aromatic heterocycles. The van der Waals surface area contributed by atoms with Gasteiger partial charge in [0.05, 0.1) is 12.3 Å². The van der Waals surface area contributed by atoms with E-state index in [0.29, 0.717) is 17.2 Å². The van der Waals surface area contributed by atoms with E-state index in [4.69, 9.17) is 4.74 Å². The molecule has 3 heterocycles. The first-order valence-electron chi connectivity index (χ1n) is 9.30. The predicted molar refractivity (Wildman–Crippen MR) is 108 cm³/mol. The number of nitrogens with one attached hydrogen (secondary N) is 1. The molecule has 0 bridgehead atoms. The lowest BCUT2D eigenvalue weighted by atomic mass is 10.2. The van der Waals surface area contributed by atoms with Crippen LogP contribution >= 0.6 is 0 Å². The number of hydrogen-bond donors (Lipinski definition) is 1. The molecule has 152 valence electrons. The van der Waals surface area contributed by atoms with Crippen LogP contribution in [0.3, 0.4) is 0 Å². The van der Waals surface area contributed by atoms with Gasteiger partial charge in [-0.3, -0.25) is 4.79 Å². The van der Waals surface area contributed by atoms with Gasteiger partial charge in [-0.25, -0.2) is 19.0 Å². The number of fused-ring (bicyclic) bond motifs is 1. The molecule has 1 aromatic carbocycles. The Labute approximate surface area is 171 Å². The van der Waals surface area contributed by atoms with E-state index in [1.54, 1.807) is 43.5 Å². The molecule has 30 heavy (non-hydrogen) atoms. The maximum absolute atomic E-state index is 12.6. The van der Waals surface area contributed by atoms with Crippen molar-refractivity contribution in [3.8, 4) is 5.69 Å². The van der Waals surface area contributed by atoms with Crippen molar-refractivity contribution in [2.24, 2.45) is 0 Å². The zero-order valence-electron chi connectivity index (χ0n) is 16.7. The van der Waals surface area contributed by atoms with Crippen LogP contribution in [0.5, 0.6) is 0 Å². The highest BCUT2D eigenvalue weighted by Crippen LogP contribution is 2.16. The first-order valence-corrected chi connectivity index (χ1v) is 9.30. The lowest BCUT2D eigenvalue weighted by Gasteiger charge is -2.06. The molecule has 4 aromatic rings. The van der Waals surface area contributed by atoms with Crippen LogP contribution < -0.4 is 5.32 Å². The largest absolute Gasteiger partial charge is 0.461 e. The van der Waals surface area contributed by atoms with Gasteiger partial charge in [0.15, 0.2) is 5.69 Å². The van der Waals surface area contributed by atoms with Gasteiger partial charge in [-0.05, 0) is 51.1 Å². The van der Waals surface area contributed by atoms with Gasteiger partial charge in [0.25, 0.3) is 11.7 Å². The molecule has 0 spiro atoms. The highest BCUT2D eigenvalue weighted by atomic mass is 16.5. The molecule has 0 aliphatic heterocycles. The van der Waals surface area contributed by atoms with Crippen molar-refractivity contribution in [2.45, 2.75) is 20.8 Å². The summed E-state index contributed by atoms with van der Waals surface area (Å²) in [6.45, 7) is 5.74. The third-order valence-corrected chi connectivity index (χ3v) is 4.26. The van der Waals surface area contributed by atoms with Gasteiger partial charge >= 0.3 is 5.97 Å². The molecule has 10 heteroatoms. The molecule has 0 radical (unpaired) electrons. The van der Waals surface area contributed by atoms with Crippen molar-refractivity contribution in [3.05, 3.63) is 65.5 Å². The minimum atomic E-state index is -0.488. The minimum absolute atomic E-state index is 0.0188. The molecule has 10 nitrogen and oxygen atoms in total. The van der Waals surface area contributed by atoms with Crippen LogP contribution in [0.1, 0.15) is 39.4 Å². The maximum atomic E-state index is 12.6. The van der Waals surface area contributed by atoms with Crippen LogP contribution in [0.4, 0.5) is 5.69 Å². The average Bonchev–Trinajstić information content (AvgIpc) is 3.36. The fraction of sp³-hybridized carbons (Fsp3) is 0.200. The second-order valence-corrected chi connectivity index (χ2v) is 6.56. The molecule has 4 rings (SSSR count). The molecule has 0 atom stereocenters. The van der Waals surface area contributed by atoms with E-state index in [1.807, 2.05) is 19.9 Å². The number of ether oxygens (including phenoxy) is 1. The fourth-order valence-corrected chi connectivity index (χ4v) is 2.96. The van der Waals surface area contributed by atoms with Crippen molar-refractivity contribution < 1.29 is 14.3 Å². The average molecular weight is 405 g/mol. The number of hydrogen-bond acceptors (Lipinski definition) is 7. The van der Waals surface area contributed by atoms with E-state index in [2.05, 4.69) is 25.5 Å². The number of rotatable bonds is 5. The zero-order valence-corrected chi connectivity index (χ0v) is 16.7. The second-order valence-electron chi connectivity index (χ2n) is 6.56. The van der Waals surface area contributed by atoms with Crippen LogP contribution in [-0.2, 0) is 4.74 Å². The molecule has 1 N–H and O–H groups in total. The third kappa shape index (κ3) is 3.75. The van der Waals surface area contributed by atoms with Gasteiger partial charge < -0.3 is 10.1 Å². The normalized spacial score (nSPS) is 10.9. The molecule has 0 aliphatic rings. The monoisotopic (exact) mass is 405 g/mol. The maximum Gasteiger partial charge on any atom is 0.358 e. The number of carbonyl (C=O) groups is 2. The zero-order chi connectivity index (χ0) is 21.3. The Morgan fingerprint density at radius 1 is 1.10 bits per heavy atom. The lowest BCUT2D eigenvalue weighted by Crippen LogP contribution is -2.14. The summed E-state index contributed by atoms with van der Waals surface area (Å²) >= 11 is 0. The number of nitrogens with zero attached hydrogens (tertiary/aromatic N) is 6. The lowest BCUT2D eigenvalue weighted by molar-refractivity contribution is 0.0519. The Hall–Kier alpha value is -4.08. The summed E-state index contributed by atoms with van der Waals surface area (Å²) in [5.41, 5.74) is 3.04. The topological polar surface area (TPSA) is 116 Å². The number of aromatic nitrogens is 6. The summed E-state index contributed by atoms with van der Waals surface area (Å²) in [5, 5.41) is 11.2. The first-order chi connectivity index (χ1) is 14.4. The Kier molecular flexibility index (Phi) is 4.97.